The number of carbonyl (C=O) groups is 1. The van der Waals surface area contributed by atoms with E-state index in [4.69, 9.17) is 16.3 Å². The maximum absolute atomic E-state index is 11.6. The van der Waals surface area contributed by atoms with E-state index < -0.39 is 4.87 Å². The SMILES string of the molecule is CCC[C@H]1CC[C@H](OC(=O)C(C)(C)Cl)CC1. The van der Waals surface area contributed by atoms with Crippen molar-refractivity contribution in [1.82, 2.24) is 0 Å². The second-order valence-electron chi connectivity index (χ2n) is 5.31. The highest BCUT2D eigenvalue weighted by Crippen LogP contribution is 2.30. The third-order valence-electron chi connectivity index (χ3n) is 3.25. The van der Waals surface area contributed by atoms with Crippen LogP contribution in [0.5, 0.6) is 0 Å². The van der Waals surface area contributed by atoms with Gasteiger partial charge >= 0.3 is 5.97 Å². The number of alkyl halides is 1. The van der Waals surface area contributed by atoms with Crippen molar-refractivity contribution in [3.8, 4) is 0 Å². The number of esters is 1. The Labute approximate surface area is 104 Å². The molecule has 0 atom stereocenters. The maximum Gasteiger partial charge on any atom is 0.326 e. The molecule has 0 radical (unpaired) electrons. The zero-order valence-corrected chi connectivity index (χ0v) is 11.3. The van der Waals surface area contributed by atoms with E-state index in [0.717, 1.165) is 18.8 Å². The predicted octanol–water partition coefficient (Wildman–Crippen LogP) is 3.91. The summed E-state index contributed by atoms with van der Waals surface area (Å²) in [6.07, 6.45) is 7.04. The van der Waals surface area contributed by atoms with Gasteiger partial charge in [0.2, 0.25) is 0 Å². The second kappa shape index (κ2) is 5.90. The van der Waals surface area contributed by atoms with Crippen LogP contribution in [0.25, 0.3) is 0 Å². The molecule has 1 aliphatic carbocycles. The lowest BCUT2D eigenvalue weighted by atomic mass is 9.84. The van der Waals surface area contributed by atoms with Gasteiger partial charge in [-0.1, -0.05) is 19.8 Å². The Balaban J connectivity index is 2.30. The molecular formula is C13H23ClO2. The van der Waals surface area contributed by atoms with Gasteiger partial charge in [-0.15, -0.1) is 11.6 Å². The Morgan fingerprint density at radius 3 is 2.31 bits per heavy atom. The topological polar surface area (TPSA) is 26.3 Å². The number of ether oxygens (including phenoxy) is 1. The molecule has 94 valence electrons. The lowest BCUT2D eigenvalue weighted by molar-refractivity contribution is -0.153. The molecule has 0 amide bonds. The lowest BCUT2D eigenvalue weighted by Crippen LogP contribution is -2.33. The molecule has 0 aromatic rings. The van der Waals surface area contributed by atoms with Crippen molar-refractivity contribution < 1.29 is 9.53 Å². The molecule has 1 aliphatic rings. The van der Waals surface area contributed by atoms with Crippen LogP contribution in [0.15, 0.2) is 0 Å². The first-order valence-electron chi connectivity index (χ1n) is 6.33. The number of rotatable bonds is 4. The van der Waals surface area contributed by atoms with Gasteiger partial charge in [0, 0.05) is 0 Å². The van der Waals surface area contributed by atoms with E-state index in [2.05, 4.69) is 6.92 Å². The highest BCUT2D eigenvalue weighted by atomic mass is 35.5. The second-order valence-corrected chi connectivity index (χ2v) is 6.25. The van der Waals surface area contributed by atoms with E-state index in [9.17, 15) is 4.79 Å². The summed E-state index contributed by atoms with van der Waals surface area (Å²) >= 11 is 5.91. The first kappa shape index (κ1) is 13.8. The molecule has 1 saturated carbocycles. The monoisotopic (exact) mass is 246 g/mol. The summed E-state index contributed by atoms with van der Waals surface area (Å²) in [6, 6.07) is 0. The van der Waals surface area contributed by atoms with Crippen LogP contribution in [0, 0.1) is 5.92 Å². The molecule has 0 bridgehead atoms. The van der Waals surface area contributed by atoms with Gasteiger partial charge in [0.15, 0.2) is 0 Å². The van der Waals surface area contributed by atoms with E-state index in [0.29, 0.717) is 0 Å². The minimum absolute atomic E-state index is 0.0960. The number of hydrogen-bond donors (Lipinski definition) is 0. The Hall–Kier alpha value is -0.240. The molecule has 1 rings (SSSR count). The molecule has 0 spiro atoms. The maximum atomic E-state index is 11.6. The summed E-state index contributed by atoms with van der Waals surface area (Å²) in [6.45, 7) is 5.58. The summed E-state index contributed by atoms with van der Waals surface area (Å²) in [7, 11) is 0. The predicted molar refractivity (Wildman–Crippen MR) is 66.7 cm³/mol. The molecule has 3 heteroatoms. The number of hydrogen-bond acceptors (Lipinski definition) is 2. The van der Waals surface area contributed by atoms with Crippen LogP contribution >= 0.6 is 11.6 Å². The Morgan fingerprint density at radius 2 is 1.88 bits per heavy atom. The molecule has 0 unspecified atom stereocenters. The van der Waals surface area contributed by atoms with Crippen molar-refractivity contribution in [3.63, 3.8) is 0 Å². The van der Waals surface area contributed by atoms with E-state index in [-0.39, 0.29) is 12.1 Å². The molecule has 2 nitrogen and oxygen atoms in total. The van der Waals surface area contributed by atoms with Gasteiger partial charge < -0.3 is 4.74 Å². The van der Waals surface area contributed by atoms with Gasteiger partial charge in [-0.2, -0.15) is 0 Å². The Morgan fingerprint density at radius 1 is 1.31 bits per heavy atom. The molecule has 1 fully saturated rings. The highest BCUT2D eigenvalue weighted by molar-refractivity contribution is 6.33. The average Bonchev–Trinajstić information content (AvgIpc) is 2.20. The zero-order valence-electron chi connectivity index (χ0n) is 10.6. The molecular weight excluding hydrogens is 224 g/mol. The minimum Gasteiger partial charge on any atom is -0.461 e. The van der Waals surface area contributed by atoms with Crippen molar-refractivity contribution in [1.29, 1.82) is 0 Å². The van der Waals surface area contributed by atoms with Gasteiger partial charge in [0.1, 0.15) is 11.0 Å². The van der Waals surface area contributed by atoms with Crippen LogP contribution in [-0.4, -0.2) is 16.9 Å². The van der Waals surface area contributed by atoms with Crippen molar-refractivity contribution in [3.05, 3.63) is 0 Å². The lowest BCUT2D eigenvalue weighted by Gasteiger charge is -2.29. The van der Waals surface area contributed by atoms with Gasteiger partial charge in [-0.3, -0.25) is 4.79 Å². The quantitative estimate of drug-likeness (QED) is 0.555. The van der Waals surface area contributed by atoms with Crippen LogP contribution in [0.3, 0.4) is 0 Å². The number of carbonyl (C=O) groups excluding carboxylic acids is 1. The fraction of sp³-hybridized carbons (Fsp3) is 0.923. The molecule has 0 aliphatic heterocycles. The smallest absolute Gasteiger partial charge is 0.326 e. The molecule has 0 N–H and O–H groups in total. The van der Waals surface area contributed by atoms with E-state index in [1.165, 1.54) is 25.7 Å². The standard InChI is InChI=1S/C13H23ClO2/c1-4-5-10-6-8-11(9-7-10)16-12(15)13(2,3)14/h10-11H,4-9H2,1-3H3/t10-,11-. The minimum atomic E-state index is -0.889. The van der Waals surface area contributed by atoms with Gasteiger partial charge in [0.05, 0.1) is 0 Å². The summed E-state index contributed by atoms with van der Waals surface area (Å²) in [5, 5.41) is 0. The molecule has 16 heavy (non-hydrogen) atoms. The third kappa shape index (κ3) is 4.32. The molecule has 0 saturated heterocycles. The Bertz CT molecular complexity index is 225. The highest BCUT2D eigenvalue weighted by Gasteiger charge is 2.30. The van der Waals surface area contributed by atoms with Crippen LogP contribution in [-0.2, 0) is 9.53 Å². The van der Waals surface area contributed by atoms with E-state index >= 15 is 0 Å². The molecule has 0 aromatic heterocycles. The van der Waals surface area contributed by atoms with Crippen LogP contribution in [0.2, 0.25) is 0 Å². The largest absolute Gasteiger partial charge is 0.461 e. The first-order chi connectivity index (χ1) is 7.43. The van der Waals surface area contributed by atoms with Crippen molar-refractivity contribution in [2.24, 2.45) is 5.92 Å². The van der Waals surface area contributed by atoms with E-state index in [1.807, 2.05) is 0 Å². The summed E-state index contributed by atoms with van der Waals surface area (Å²) in [5.41, 5.74) is 0. The van der Waals surface area contributed by atoms with E-state index in [1.54, 1.807) is 13.8 Å². The summed E-state index contributed by atoms with van der Waals surface area (Å²) < 4.78 is 5.41. The third-order valence-corrected chi connectivity index (χ3v) is 3.40. The van der Waals surface area contributed by atoms with Crippen molar-refractivity contribution in [2.75, 3.05) is 0 Å². The molecule has 0 heterocycles. The van der Waals surface area contributed by atoms with Crippen molar-refractivity contribution in [2.45, 2.75) is 70.3 Å². The van der Waals surface area contributed by atoms with Crippen molar-refractivity contribution >= 4 is 17.6 Å². The fourth-order valence-corrected chi connectivity index (χ4v) is 2.28. The first-order valence-corrected chi connectivity index (χ1v) is 6.71. The summed E-state index contributed by atoms with van der Waals surface area (Å²) in [4.78, 5) is 10.7. The van der Waals surface area contributed by atoms with Crippen LogP contribution in [0.1, 0.15) is 59.3 Å². The van der Waals surface area contributed by atoms with Gasteiger partial charge in [-0.25, -0.2) is 0 Å². The average molecular weight is 247 g/mol. The molecule has 0 aromatic carbocycles. The van der Waals surface area contributed by atoms with Gasteiger partial charge in [0.25, 0.3) is 0 Å². The van der Waals surface area contributed by atoms with Crippen LogP contribution < -0.4 is 0 Å². The number of halogens is 1. The normalized spacial score (nSPS) is 26.5. The Kier molecular flexibility index (Phi) is 5.10. The fourth-order valence-electron chi connectivity index (χ4n) is 2.24. The van der Waals surface area contributed by atoms with Gasteiger partial charge in [-0.05, 0) is 45.4 Å². The summed E-state index contributed by atoms with van der Waals surface area (Å²) in [5.74, 6) is 0.553. The zero-order chi connectivity index (χ0) is 12.2. The van der Waals surface area contributed by atoms with Crippen LogP contribution in [0.4, 0.5) is 0 Å².